The summed E-state index contributed by atoms with van der Waals surface area (Å²) in [7, 11) is 0. The van der Waals surface area contributed by atoms with Gasteiger partial charge >= 0.3 is 0 Å². The number of nitrogens with one attached hydrogen (secondary N) is 2. The van der Waals surface area contributed by atoms with Gasteiger partial charge in [-0.1, -0.05) is 12.1 Å². The lowest BCUT2D eigenvalue weighted by Crippen LogP contribution is -2.35. The molecule has 7 heteroatoms. The van der Waals surface area contributed by atoms with Crippen LogP contribution < -0.4 is 5.32 Å². The van der Waals surface area contributed by atoms with E-state index in [1.807, 2.05) is 24.3 Å². The highest BCUT2D eigenvalue weighted by atomic mass is 16.5. The molecule has 0 radical (unpaired) electrons. The smallest absolute Gasteiger partial charge is 0.292 e. The zero-order valence-corrected chi connectivity index (χ0v) is 11.6. The maximum Gasteiger partial charge on any atom is 0.292 e. The van der Waals surface area contributed by atoms with Gasteiger partial charge in [-0.05, 0) is 17.7 Å². The maximum atomic E-state index is 11.8. The quantitative estimate of drug-likeness (QED) is 0.872. The summed E-state index contributed by atoms with van der Waals surface area (Å²) in [4.78, 5) is 18.0. The number of anilines is 1. The van der Waals surface area contributed by atoms with E-state index in [4.69, 9.17) is 4.74 Å². The van der Waals surface area contributed by atoms with Crippen LogP contribution in [0, 0.1) is 0 Å². The number of ether oxygens (including phenoxy) is 1. The average Bonchev–Trinajstić information content (AvgIpc) is 3.05. The summed E-state index contributed by atoms with van der Waals surface area (Å²) >= 11 is 0. The van der Waals surface area contributed by atoms with Crippen molar-refractivity contribution in [1.82, 2.24) is 20.1 Å². The number of aromatic amines is 1. The van der Waals surface area contributed by atoms with Gasteiger partial charge in [0.15, 0.2) is 0 Å². The molecule has 1 amide bonds. The standard InChI is InChI=1S/C14H17N5O2/c20-14(13-15-10-16-18-13)17-12-3-1-11(2-4-12)9-19-5-7-21-8-6-19/h1-4,10H,5-9H2,(H,17,20)(H,15,16,18). The molecule has 1 fully saturated rings. The van der Waals surface area contributed by atoms with Crippen LogP contribution in [0.1, 0.15) is 16.2 Å². The van der Waals surface area contributed by atoms with Crippen LogP contribution >= 0.6 is 0 Å². The minimum atomic E-state index is -0.298. The van der Waals surface area contributed by atoms with Crippen molar-refractivity contribution in [3.8, 4) is 0 Å². The summed E-state index contributed by atoms with van der Waals surface area (Å²) in [6.07, 6.45) is 1.31. The molecule has 0 unspecified atom stereocenters. The van der Waals surface area contributed by atoms with Gasteiger partial charge < -0.3 is 10.1 Å². The van der Waals surface area contributed by atoms with E-state index < -0.39 is 0 Å². The Kier molecular flexibility index (Phi) is 4.23. The minimum Gasteiger partial charge on any atom is -0.379 e. The molecule has 2 N–H and O–H groups in total. The van der Waals surface area contributed by atoms with Crippen molar-refractivity contribution < 1.29 is 9.53 Å². The van der Waals surface area contributed by atoms with Gasteiger partial charge in [-0.3, -0.25) is 14.8 Å². The largest absolute Gasteiger partial charge is 0.379 e. The number of hydrogen-bond donors (Lipinski definition) is 2. The molecule has 2 aromatic rings. The molecule has 0 aliphatic carbocycles. The summed E-state index contributed by atoms with van der Waals surface area (Å²) in [6, 6.07) is 7.82. The highest BCUT2D eigenvalue weighted by molar-refractivity contribution is 6.01. The lowest BCUT2D eigenvalue weighted by atomic mass is 10.2. The number of carbonyl (C=O) groups is 1. The predicted molar refractivity (Wildman–Crippen MR) is 76.9 cm³/mol. The lowest BCUT2D eigenvalue weighted by molar-refractivity contribution is 0.0342. The molecule has 1 aromatic heterocycles. The van der Waals surface area contributed by atoms with E-state index in [-0.39, 0.29) is 11.7 Å². The first kappa shape index (κ1) is 13.7. The molecule has 2 heterocycles. The molecule has 0 atom stereocenters. The molecular weight excluding hydrogens is 270 g/mol. The lowest BCUT2D eigenvalue weighted by Gasteiger charge is -2.26. The summed E-state index contributed by atoms with van der Waals surface area (Å²) in [6.45, 7) is 4.42. The normalized spacial score (nSPS) is 15.8. The summed E-state index contributed by atoms with van der Waals surface area (Å²) < 4.78 is 5.33. The van der Waals surface area contributed by atoms with E-state index in [0.717, 1.165) is 38.5 Å². The molecule has 0 saturated carbocycles. The van der Waals surface area contributed by atoms with E-state index in [9.17, 15) is 4.79 Å². The van der Waals surface area contributed by atoms with Gasteiger partial charge in [-0.2, -0.15) is 5.10 Å². The van der Waals surface area contributed by atoms with Crippen LogP contribution in [0.4, 0.5) is 5.69 Å². The van der Waals surface area contributed by atoms with E-state index in [2.05, 4.69) is 25.4 Å². The Morgan fingerprint density at radius 2 is 2.05 bits per heavy atom. The Labute approximate surface area is 122 Å². The van der Waals surface area contributed by atoms with Crippen LogP contribution in [-0.4, -0.2) is 52.3 Å². The monoisotopic (exact) mass is 287 g/mol. The third kappa shape index (κ3) is 3.65. The fourth-order valence-corrected chi connectivity index (χ4v) is 2.22. The Hall–Kier alpha value is -2.25. The van der Waals surface area contributed by atoms with Gasteiger partial charge in [-0.25, -0.2) is 4.98 Å². The van der Waals surface area contributed by atoms with E-state index >= 15 is 0 Å². The average molecular weight is 287 g/mol. The second kappa shape index (κ2) is 6.47. The minimum absolute atomic E-state index is 0.201. The second-order valence-electron chi connectivity index (χ2n) is 4.87. The number of nitrogens with zero attached hydrogens (tertiary/aromatic N) is 3. The summed E-state index contributed by atoms with van der Waals surface area (Å²) in [5, 5.41) is 8.95. The summed E-state index contributed by atoms with van der Waals surface area (Å²) in [5.41, 5.74) is 1.96. The number of rotatable bonds is 4. The Bertz CT molecular complexity index is 576. The first-order valence-electron chi connectivity index (χ1n) is 6.87. The van der Waals surface area contributed by atoms with E-state index in [1.165, 1.54) is 11.9 Å². The van der Waals surface area contributed by atoms with Crippen molar-refractivity contribution in [1.29, 1.82) is 0 Å². The predicted octanol–water partition coefficient (Wildman–Crippen LogP) is 0.889. The van der Waals surface area contributed by atoms with Crippen molar-refractivity contribution in [3.05, 3.63) is 42.0 Å². The Morgan fingerprint density at radius 3 is 2.71 bits per heavy atom. The fourth-order valence-electron chi connectivity index (χ4n) is 2.22. The van der Waals surface area contributed by atoms with Crippen molar-refractivity contribution >= 4 is 11.6 Å². The van der Waals surface area contributed by atoms with Gasteiger partial charge in [0.2, 0.25) is 5.82 Å². The molecule has 1 aromatic carbocycles. The van der Waals surface area contributed by atoms with Crippen LogP contribution in [0.15, 0.2) is 30.6 Å². The van der Waals surface area contributed by atoms with Crippen molar-refractivity contribution in [2.45, 2.75) is 6.54 Å². The van der Waals surface area contributed by atoms with Crippen LogP contribution in [0.25, 0.3) is 0 Å². The van der Waals surface area contributed by atoms with Crippen molar-refractivity contribution in [2.75, 3.05) is 31.6 Å². The van der Waals surface area contributed by atoms with Gasteiger partial charge in [0, 0.05) is 25.3 Å². The zero-order valence-electron chi connectivity index (χ0n) is 11.6. The molecule has 3 rings (SSSR count). The van der Waals surface area contributed by atoms with Crippen LogP contribution in [-0.2, 0) is 11.3 Å². The number of morpholine rings is 1. The zero-order chi connectivity index (χ0) is 14.5. The van der Waals surface area contributed by atoms with Gasteiger partial charge in [-0.15, -0.1) is 0 Å². The molecule has 21 heavy (non-hydrogen) atoms. The molecule has 1 aliphatic rings. The number of hydrogen-bond acceptors (Lipinski definition) is 5. The summed E-state index contributed by atoms with van der Waals surface area (Å²) in [5.74, 6) is -0.0965. The molecule has 0 bridgehead atoms. The number of aromatic nitrogens is 3. The second-order valence-corrected chi connectivity index (χ2v) is 4.87. The third-order valence-electron chi connectivity index (χ3n) is 3.35. The van der Waals surface area contributed by atoms with Gasteiger partial charge in [0.25, 0.3) is 5.91 Å². The van der Waals surface area contributed by atoms with Crippen LogP contribution in [0.3, 0.4) is 0 Å². The van der Waals surface area contributed by atoms with E-state index in [1.54, 1.807) is 0 Å². The molecule has 0 spiro atoms. The maximum absolute atomic E-state index is 11.8. The first-order chi connectivity index (χ1) is 10.3. The van der Waals surface area contributed by atoms with Crippen LogP contribution in [0.5, 0.6) is 0 Å². The number of benzene rings is 1. The highest BCUT2D eigenvalue weighted by Gasteiger charge is 2.11. The van der Waals surface area contributed by atoms with Crippen molar-refractivity contribution in [3.63, 3.8) is 0 Å². The molecule has 1 aliphatic heterocycles. The van der Waals surface area contributed by atoms with Gasteiger partial charge in [0.05, 0.1) is 13.2 Å². The van der Waals surface area contributed by atoms with Crippen molar-refractivity contribution in [2.24, 2.45) is 0 Å². The van der Waals surface area contributed by atoms with Gasteiger partial charge in [0.1, 0.15) is 6.33 Å². The molecule has 1 saturated heterocycles. The van der Waals surface area contributed by atoms with E-state index in [0.29, 0.717) is 0 Å². The Balaban J connectivity index is 1.57. The fraction of sp³-hybridized carbons (Fsp3) is 0.357. The third-order valence-corrected chi connectivity index (χ3v) is 3.35. The number of H-pyrrole nitrogens is 1. The Morgan fingerprint density at radius 1 is 1.29 bits per heavy atom. The molecule has 110 valence electrons. The molecule has 7 nitrogen and oxygen atoms in total. The highest BCUT2D eigenvalue weighted by Crippen LogP contribution is 2.13. The topological polar surface area (TPSA) is 83.1 Å². The van der Waals surface area contributed by atoms with Crippen LogP contribution in [0.2, 0.25) is 0 Å². The number of amides is 1. The SMILES string of the molecule is O=C(Nc1ccc(CN2CCOCC2)cc1)c1ncn[nH]1. The number of carbonyl (C=O) groups excluding carboxylic acids is 1. The molecular formula is C14H17N5O2. The first-order valence-corrected chi connectivity index (χ1v) is 6.87.